The van der Waals surface area contributed by atoms with Crippen LogP contribution in [0.1, 0.15) is 18.5 Å². The van der Waals surface area contributed by atoms with Gasteiger partial charge in [-0.05, 0) is 24.6 Å². The van der Waals surface area contributed by atoms with Crippen molar-refractivity contribution in [1.82, 2.24) is 5.32 Å². The first-order valence-electron chi connectivity index (χ1n) is 6.37. The van der Waals surface area contributed by atoms with Gasteiger partial charge in [-0.1, -0.05) is 12.1 Å². The number of ether oxygens (including phenoxy) is 2. The fourth-order valence-electron chi connectivity index (χ4n) is 1.60. The van der Waals surface area contributed by atoms with Crippen LogP contribution in [0.4, 0.5) is 4.39 Å². The van der Waals surface area contributed by atoms with Gasteiger partial charge in [-0.2, -0.15) is 0 Å². The predicted molar refractivity (Wildman–Crippen MR) is 71.5 cm³/mol. The van der Waals surface area contributed by atoms with Gasteiger partial charge in [0, 0.05) is 19.7 Å². The van der Waals surface area contributed by atoms with Crippen LogP contribution in [0.3, 0.4) is 0 Å². The number of hydrogen-bond donors (Lipinski definition) is 2. The number of aliphatic hydroxyl groups excluding tert-OH is 1. The molecule has 1 rings (SSSR count). The molecule has 19 heavy (non-hydrogen) atoms. The van der Waals surface area contributed by atoms with Gasteiger partial charge in [0.1, 0.15) is 5.82 Å². The van der Waals surface area contributed by atoms with Crippen molar-refractivity contribution in [1.29, 1.82) is 0 Å². The van der Waals surface area contributed by atoms with E-state index in [1.54, 1.807) is 19.2 Å². The summed E-state index contributed by atoms with van der Waals surface area (Å²) in [6.07, 6.45) is -0.570. The molecule has 0 bridgehead atoms. The van der Waals surface area contributed by atoms with E-state index in [2.05, 4.69) is 5.32 Å². The summed E-state index contributed by atoms with van der Waals surface area (Å²) in [5.74, 6) is -0.248. The fourth-order valence-corrected chi connectivity index (χ4v) is 1.60. The topological polar surface area (TPSA) is 50.7 Å². The van der Waals surface area contributed by atoms with Crippen molar-refractivity contribution in [2.45, 2.75) is 19.1 Å². The summed E-state index contributed by atoms with van der Waals surface area (Å²) in [6.45, 7) is 3.65. The zero-order valence-corrected chi connectivity index (χ0v) is 11.4. The van der Waals surface area contributed by atoms with Crippen LogP contribution < -0.4 is 5.32 Å². The van der Waals surface area contributed by atoms with E-state index >= 15 is 0 Å². The van der Waals surface area contributed by atoms with E-state index in [0.717, 1.165) is 5.56 Å². The van der Waals surface area contributed by atoms with Gasteiger partial charge in [-0.3, -0.25) is 0 Å². The Morgan fingerprint density at radius 3 is 2.58 bits per heavy atom. The third-order valence-corrected chi connectivity index (χ3v) is 2.77. The van der Waals surface area contributed by atoms with Crippen LogP contribution in [-0.2, 0) is 9.47 Å². The van der Waals surface area contributed by atoms with E-state index in [0.29, 0.717) is 19.8 Å². The molecule has 2 unspecified atom stereocenters. The number of rotatable bonds is 9. The molecule has 1 aromatic rings. The molecule has 2 atom stereocenters. The Balaban J connectivity index is 2.22. The Morgan fingerprint density at radius 2 is 1.95 bits per heavy atom. The predicted octanol–water partition coefficient (Wildman–Crippen LogP) is 1.50. The van der Waals surface area contributed by atoms with Crippen molar-refractivity contribution in [2.75, 3.05) is 33.5 Å². The smallest absolute Gasteiger partial charge is 0.123 e. The molecule has 0 radical (unpaired) electrons. The van der Waals surface area contributed by atoms with Gasteiger partial charge in [0.05, 0.1) is 25.9 Å². The minimum atomic E-state index is -0.570. The molecule has 4 nitrogen and oxygen atoms in total. The van der Waals surface area contributed by atoms with Crippen LogP contribution in [0, 0.1) is 5.82 Å². The van der Waals surface area contributed by atoms with Gasteiger partial charge in [0.25, 0.3) is 0 Å². The van der Waals surface area contributed by atoms with E-state index < -0.39 is 6.10 Å². The quantitative estimate of drug-likeness (QED) is 0.668. The highest BCUT2D eigenvalue weighted by molar-refractivity contribution is 5.19. The van der Waals surface area contributed by atoms with Gasteiger partial charge in [0.15, 0.2) is 0 Å². The summed E-state index contributed by atoms with van der Waals surface area (Å²) in [5, 5.41) is 12.9. The SMILES string of the molecule is COCCOCC(O)CNC(C)c1ccc(F)cc1. The Morgan fingerprint density at radius 1 is 1.26 bits per heavy atom. The lowest BCUT2D eigenvalue weighted by molar-refractivity contribution is 0.0130. The summed E-state index contributed by atoms with van der Waals surface area (Å²) in [7, 11) is 1.60. The minimum Gasteiger partial charge on any atom is -0.389 e. The molecule has 0 fully saturated rings. The number of methoxy groups -OCH3 is 1. The molecule has 0 heterocycles. The van der Waals surface area contributed by atoms with Gasteiger partial charge in [-0.15, -0.1) is 0 Å². The minimum absolute atomic E-state index is 0.0502. The second kappa shape index (κ2) is 8.98. The lowest BCUT2D eigenvalue weighted by atomic mass is 10.1. The molecule has 0 aliphatic rings. The molecular formula is C14H22FNO3. The summed E-state index contributed by atoms with van der Waals surface area (Å²) >= 11 is 0. The van der Waals surface area contributed by atoms with Gasteiger partial charge in [-0.25, -0.2) is 4.39 Å². The van der Waals surface area contributed by atoms with Gasteiger partial charge < -0.3 is 19.9 Å². The molecule has 1 aromatic carbocycles. The van der Waals surface area contributed by atoms with Crippen LogP contribution in [-0.4, -0.2) is 44.7 Å². The molecule has 0 spiro atoms. The van der Waals surface area contributed by atoms with Crippen LogP contribution in [0.2, 0.25) is 0 Å². The molecular weight excluding hydrogens is 249 g/mol. The molecule has 0 amide bonds. The molecule has 5 heteroatoms. The Hall–Kier alpha value is -1.01. The Kier molecular flexibility index (Phi) is 7.59. The number of benzene rings is 1. The first kappa shape index (κ1) is 16.0. The van der Waals surface area contributed by atoms with Crippen molar-refractivity contribution in [3.05, 3.63) is 35.6 Å². The molecule has 0 aliphatic heterocycles. The number of halogens is 1. The molecule has 0 saturated carbocycles. The van der Waals surface area contributed by atoms with E-state index in [9.17, 15) is 9.50 Å². The second-order valence-electron chi connectivity index (χ2n) is 4.40. The van der Waals surface area contributed by atoms with E-state index in [1.807, 2.05) is 6.92 Å². The summed E-state index contributed by atoms with van der Waals surface area (Å²) in [4.78, 5) is 0. The van der Waals surface area contributed by atoms with E-state index in [-0.39, 0.29) is 18.5 Å². The van der Waals surface area contributed by atoms with Crippen LogP contribution >= 0.6 is 0 Å². The van der Waals surface area contributed by atoms with Gasteiger partial charge >= 0.3 is 0 Å². The highest BCUT2D eigenvalue weighted by Gasteiger charge is 2.09. The summed E-state index contributed by atoms with van der Waals surface area (Å²) < 4.78 is 22.8. The lowest BCUT2D eigenvalue weighted by Gasteiger charge is -2.17. The van der Waals surface area contributed by atoms with Crippen LogP contribution in [0.25, 0.3) is 0 Å². The maximum atomic E-state index is 12.8. The first-order valence-corrected chi connectivity index (χ1v) is 6.37. The van der Waals surface area contributed by atoms with Crippen molar-refractivity contribution >= 4 is 0 Å². The summed E-state index contributed by atoms with van der Waals surface area (Å²) in [6, 6.07) is 6.37. The van der Waals surface area contributed by atoms with E-state index in [4.69, 9.17) is 9.47 Å². The van der Waals surface area contributed by atoms with Crippen molar-refractivity contribution in [3.8, 4) is 0 Å². The molecule has 0 saturated heterocycles. The number of aliphatic hydroxyl groups is 1. The molecule has 2 N–H and O–H groups in total. The third-order valence-electron chi connectivity index (χ3n) is 2.77. The monoisotopic (exact) mass is 271 g/mol. The van der Waals surface area contributed by atoms with Crippen molar-refractivity contribution < 1.29 is 19.0 Å². The second-order valence-corrected chi connectivity index (χ2v) is 4.40. The standard InChI is InChI=1S/C14H22FNO3/c1-11(12-3-5-13(15)6-4-12)16-9-14(17)10-19-8-7-18-2/h3-6,11,14,16-17H,7-10H2,1-2H3. The zero-order chi connectivity index (χ0) is 14.1. The maximum Gasteiger partial charge on any atom is 0.123 e. The Bertz CT molecular complexity index is 345. The van der Waals surface area contributed by atoms with Gasteiger partial charge in [0.2, 0.25) is 0 Å². The fraction of sp³-hybridized carbons (Fsp3) is 0.571. The van der Waals surface area contributed by atoms with Crippen LogP contribution in [0.5, 0.6) is 0 Å². The molecule has 0 aliphatic carbocycles. The lowest BCUT2D eigenvalue weighted by Crippen LogP contribution is -2.32. The first-order chi connectivity index (χ1) is 9.13. The van der Waals surface area contributed by atoms with Crippen LogP contribution in [0.15, 0.2) is 24.3 Å². The van der Waals surface area contributed by atoms with Crippen molar-refractivity contribution in [2.24, 2.45) is 0 Å². The highest BCUT2D eigenvalue weighted by Crippen LogP contribution is 2.12. The van der Waals surface area contributed by atoms with Crippen molar-refractivity contribution in [3.63, 3.8) is 0 Å². The number of hydrogen-bond acceptors (Lipinski definition) is 4. The van der Waals surface area contributed by atoms with E-state index in [1.165, 1.54) is 12.1 Å². The molecule has 0 aromatic heterocycles. The normalized spacial score (nSPS) is 14.3. The zero-order valence-electron chi connectivity index (χ0n) is 11.4. The highest BCUT2D eigenvalue weighted by atomic mass is 19.1. The largest absolute Gasteiger partial charge is 0.389 e. The Labute approximate surface area is 113 Å². The third kappa shape index (κ3) is 6.63. The average Bonchev–Trinajstić information content (AvgIpc) is 2.42. The average molecular weight is 271 g/mol. The summed E-state index contributed by atoms with van der Waals surface area (Å²) in [5.41, 5.74) is 0.980. The number of nitrogens with one attached hydrogen (secondary N) is 1. The molecule has 108 valence electrons. The maximum absolute atomic E-state index is 12.8.